The molecule has 66 valence electrons. The lowest BCUT2D eigenvalue weighted by Gasteiger charge is -2.15. The van der Waals surface area contributed by atoms with Crippen molar-refractivity contribution in [2.24, 2.45) is 11.8 Å². The molecule has 1 rings (SSSR count). The van der Waals surface area contributed by atoms with Gasteiger partial charge in [-0.15, -0.1) is 0 Å². The maximum atomic E-state index is 8.76. The van der Waals surface area contributed by atoms with Gasteiger partial charge < -0.3 is 10.4 Å². The van der Waals surface area contributed by atoms with Gasteiger partial charge in [0.05, 0.1) is 0 Å². The molecule has 2 atom stereocenters. The first-order chi connectivity index (χ1) is 5.24. The van der Waals surface area contributed by atoms with E-state index >= 15 is 0 Å². The number of hydrogen-bond donors (Lipinski definition) is 2. The average molecular weight is 157 g/mol. The normalized spacial score (nSPS) is 23.2. The smallest absolute Gasteiger partial charge is 0.0468 e. The number of rotatable bonds is 5. The molecule has 0 aromatic heterocycles. The lowest BCUT2D eigenvalue weighted by atomic mass is 10.1. The highest BCUT2D eigenvalue weighted by Gasteiger charge is 2.27. The Morgan fingerprint density at radius 2 is 2.09 bits per heavy atom. The lowest BCUT2D eigenvalue weighted by Crippen LogP contribution is -2.32. The van der Waals surface area contributed by atoms with Crippen molar-refractivity contribution in [1.82, 2.24) is 5.32 Å². The molecule has 0 aliphatic heterocycles. The van der Waals surface area contributed by atoms with E-state index in [0.717, 1.165) is 12.5 Å². The van der Waals surface area contributed by atoms with E-state index in [9.17, 15) is 0 Å². The number of aliphatic hydroxyl groups is 1. The summed E-state index contributed by atoms with van der Waals surface area (Å²) in [5.74, 6) is 1.32. The van der Waals surface area contributed by atoms with Crippen molar-refractivity contribution in [3.8, 4) is 0 Å². The summed E-state index contributed by atoms with van der Waals surface area (Å²) in [4.78, 5) is 0. The van der Waals surface area contributed by atoms with E-state index in [0.29, 0.717) is 18.6 Å². The fraction of sp³-hybridized carbons (Fsp3) is 1.00. The highest BCUT2D eigenvalue weighted by atomic mass is 16.3. The van der Waals surface area contributed by atoms with Crippen LogP contribution in [0.2, 0.25) is 0 Å². The van der Waals surface area contributed by atoms with Crippen LogP contribution in [0.1, 0.15) is 26.7 Å². The van der Waals surface area contributed by atoms with Gasteiger partial charge in [0, 0.05) is 19.2 Å². The topological polar surface area (TPSA) is 32.3 Å². The summed E-state index contributed by atoms with van der Waals surface area (Å²) in [7, 11) is 0. The van der Waals surface area contributed by atoms with Gasteiger partial charge >= 0.3 is 0 Å². The summed E-state index contributed by atoms with van der Waals surface area (Å²) < 4.78 is 0. The Morgan fingerprint density at radius 1 is 1.45 bits per heavy atom. The number of nitrogens with one attached hydrogen (secondary N) is 1. The molecule has 0 spiro atoms. The van der Waals surface area contributed by atoms with E-state index in [-0.39, 0.29) is 0 Å². The Kier molecular flexibility index (Phi) is 3.34. The molecule has 2 nitrogen and oxygen atoms in total. The van der Waals surface area contributed by atoms with Crippen molar-refractivity contribution in [1.29, 1.82) is 0 Å². The molecule has 0 radical (unpaired) electrons. The largest absolute Gasteiger partial charge is 0.396 e. The van der Waals surface area contributed by atoms with Crippen LogP contribution in [0.3, 0.4) is 0 Å². The van der Waals surface area contributed by atoms with Crippen LogP contribution in [0.4, 0.5) is 0 Å². The van der Waals surface area contributed by atoms with Gasteiger partial charge in [0.1, 0.15) is 0 Å². The maximum Gasteiger partial charge on any atom is 0.0468 e. The van der Waals surface area contributed by atoms with Gasteiger partial charge in [0.2, 0.25) is 0 Å². The lowest BCUT2D eigenvalue weighted by molar-refractivity contribution is 0.229. The Morgan fingerprint density at radius 3 is 2.55 bits per heavy atom. The molecule has 0 bridgehead atoms. The number of aliphatic hydroxyl groups excluding tert-OH is 1. The minimum Gasteiger partial charge on any atom is -0.396 e. The second-order valence-corrected chi connectivity index (χ2v) is 3.82. The monoisotopic (exact) mass is 157 g/mol. The predicted molar refractivity (Wildman–Crippen MR) is 46.4 cm³/mol. The molecule has 2 N–H and O–H groups in total. The van der Waals surface area contributed by atoms with Crippen LogP contribution in [0.15, 0.2) is 0 Å². The summed E-state index contributed by atoms with van der Waals surface area (Å²) in [5.41, 5.74) is 0. The van der Waals surface area contributed by atoms with Gasteiger partial charge in [-0.2, -0.15) is 0 Å². The van der Waals surface area contributed by atoms with Crippen LogP contribution in [0.5, 0.6) is 0 Å². The molecule has 11 heavy (non-hydrogen) atoms. The van der Waals surface area contributed by atoms with Crippen molar-refractivity contribution in [2.45, 2.75) is 32.7 Å². The highest BCUT2D eigenvalue weighted by molar-refractivity contribution is 4.83. The predicted octanol–water partition coefficient (Wildman–Crippen LogP) is 1.00. The molecule has 2 heteroatoms. The summed E-state index contributed by atoms with van der Waals surface area (Å²) in [6.07, 6.45) is 2.78. The standard InChI is InChI=1S/C9H19NO/c1-7(6-11)5-10-8(2)9-3-4-9/h7-11H,3-6H2,1-2H3. The molecule has 2 unspecified atom stereocenters. The van der Waals surface area contributed by atoms with E-state index in [1.807, 2.05) is 0 Å². The van der Waals surface area contributed by atoms with Crippen molar-refractivity contribution in [2.75, 3.05) is 13.2 Å². The minimum absolute atomic E-state index is 0.296. The molecular formula is C9H19NO. The molecule has 0 aromatic carbocycles. The average Bonchev–Trinajstić information content (AvgIpc) is 2.81. The zero-order chi connectivity index (χ0) is 8.27. The fourth-order valence-electron chi connectivity index (χ4n) is 1.21. The molecule has 0 saturated heterocycles. The van der Waals surface area contributed by atoms with Crippen LogP contribution >= 0.6 is 0 Å². The molecule has 1 saturated carbocycles. The molecule has 1 aliphatic rings. The van der Waals surface area contributed by atoms with Crippen LogP contribution < -0.4 is 5.32 Å². The van der Waals surface area contributed by atoms with Gasteiger partial charge in [-0.05, 0) is 31.6 Å². The first kappa shape index (κ1) is 9.01. The quantitative estimate of drug-likeness (QED) is 0.624. The molecule has 1 fully saturated rings. The van der Waals surface area contributed by atoms with E-state index in [4.69, 9.17) is 5.11 Å². The Balaban J connectivity index is 2.00. The summed E-state index contributed by atoms with van der Waals surface area (Å²) >= 11 is 0. The summed E-state index contributed by atoms with van der Waals surface area (Å²) in [6.45, 7) is 5.55. The molecule has 0 aromatic rings. The van der Waals surface area contributed by atoms with Gasteiger partial charge in [0.15, 0.2) is 0 Å². The van der Waals surface area contributed by atoms with Crippen LogP contribution in [0, 0.1) is 11.8 Å². The maximum absolute atomic E-state index is 8.76. The second kappa shape index (κ2) is 4.07. The van der Waals surface area contributed by atoms with E-state index in [1.54, 1.807) is 0 Å². The molecule has 1 aliphatic carbocycles. The fourth-order valence-corrected chi connectivity index (χ4v) is 1.21. The third kappa shape index (κ3) is 3.21. The van der Waals surface area contributed by atoms with Crippen molar-refractivity contribution >= 4 is 0 Å². The SMILES string of the molecule is CC(CO)CNC(C)C1CC1. The number of hydrogen-bond acceptors (Lipinski definition) is 2. The van der Waals surface area contributed by atoms with Gasteiger partial charge in [-0.25, -0.2) is 0 Å². The van der Waals surface area contributed by atoms with Gasteiger partial charge in [0.25, 0.3) is 0 Å². The van der Waals surface area contributed by atoms with Crippen molar-refractivity contribution in [3.05, 3.63) is 0 Å². The van der Waals surface area contributed by atoms with Crippen LogP contribution in [0.25, 0.3) is 0 Å². The zero-order valence-corrected chi connectivity index (χ0v) is 7.51. The Bertz CT molecular complexity index is 112. The first-order valence-electron chi connectivity index (χ1n) is 4.58. The highest BCUT2D eigenvalue weighted by Crippen LogP contribution is 2.32. The van der Waals surface area contributed by atoms with E-state index in [2.05, 4.69) is 19.2 Å². The summed E-state index contributed by atoms with van der Waals surface area (Å²) in [6, 6.07) is 0.656. The van der Waals surface area contributed by atoms with Gasteiger partial charge in [-0.3, -0.25) is 0 Å². The minimum atomic E-state index is 0.296. The van der Waals surface area contributed by atoms with Crippen LogP contribution in [-0.2, 0) is 0 Å². The third-order valence-corrected chi connectivity index (χ3v) is 2.43. The first-order valence-corrected chi connectivity index (χ1v) is 4.58. The van der Waals surface area contributed by atoms with Crippen LogP contribution in [-0.4, -0.2) is 24.3 Å². The van der Waals surface area contributed by atoms with E-state index in [1.165, 1.54) is 12.8 Å². The molecule has 0 heterocycles. The van der Waals surface area contributed by atoms with Gasteiger partial charge in [-0.1, -0.05) is 6.92 Å². The zero-order valence-electron chi connectivity index (χ0n) is 7.51. The molecule has 0 amide bonds. The molecular weight excluding hydrogens is 138 g/mol. The summed E-state index contributed by atoms with van der Waals surface area (Å²) in [5, 5.41) is 12.2. The van der Waals surface area contributed by atoms with Crippen molar-refractivity contribution < 1.29 is 5.11 Å². The van der Waals surface area contributed by atoms with E-state index < -0.39 is 0 Å². The third-order valence-electron chi connectivity index (χ3n) is 2.43. The second-order valence-electron chi connectivity index (χ2n) is 3.82. The van der Waals surface area contributed by atoms with Crippen molar-refractivity contribution in [3.63, 3.8) is 0 Å². The Labute approximate surface area is 69.0 Å². The Hall–Kier alpha value is -0.0800.